The zero-order chi connectivity index (χ0) is 13.0. The molecule has 2 heterocycles. The van der Waals surface area contributed by atoms with Gasteiger partial charge in [-0.2, -0.15) is 0 Å². The summed E-state index contributed by atoms with van der Waals surface area (Å²) in [5.41, 5.74) is 9.61. The van der Waals surface area contributed by atoms with Gasteiger partial charge in [-0.15, -0.1) is 11.3 Å². The summed E-state index contributed by atoms with van der Waals surface area (Å²) in [4.78, 5) is 5.50. The Balaban J connectivity index is 1.76. The van der Waals surface area contributed by atoms with Crippen LogP contribution < -0.4 is 5.73 Å². The molecule has 0 aliphatic heterocycles. The quantitative estimate of drug-likeness (QED) is 0.816. The second-order valence-corrected chi connectivity index (χ2v) is 5.10. The molecule has 18 heavy (non-hydrogen) atoms. The number of rotatable bonds is 6. The molecule has 0 saturated heterocycles. The highest BCUT2D eigenvalue weighted by Crippen LogP contribution is 2.16. The van der Waals surface area contributed by atoms with E-state index in [9.17, 15) is 0 Å². The van der Waals surface area contributed by atoms with E-state index in [0.717, 1.165) is 29.2 Å². The minimum absolute atomic E-state index is 0.499. The van der Waals surface area contributed by atoms with Crippen LogP contribution in [0.3, 0.4) is 0 Å². The van der Waals surface area contributed by atoms with Gasteiger partial charge in [0.2, 0.25) is 0 Å². The van der Waals surface area contributed by atoms with Crippen LogP contribution >= 0.6 is 11.3 Å². The van der Waals surface area contributed by atoms with Crippen LogP contribution in [-0.4, -0.2) is 11.6 Å². The first-order valence-corrected chi connectivity index (χ1v) is 6.83. The summed E-state index contributed by atoms with van der Waals surface area (Å²) in [5.74, 6) is 1.73. The smallest absolute Gasteiger partial charge is 0.130 e. The fourth-order valence-corrected chi connectivity index (χ4v) is 2.53. The van der Waals surface area contributed by atoms with Crippen molar-refractivity contribution < 1.29 is 9.15 Å². The van der Waals surface area contributed by atoms with Crippen molar-refractivity contribution in [1.82, 2.24) is 4.98 Å². The maximum Gasteiger partial charge on any atom is 0.130 e. The molecule has 0 bridgehead atoms. The lowest BCUT2D eigenvalue weighted by atomic mass is 10.2. The van der Waals surface area contributed by atoms with Crippen molar-refractivity contribution in [2.75, 3.05) is 6.61 Å². The van der Waals surface area contributed by atoms with E-state index < -0.39 is 0 Å². The van der Waals surface area contributed by atoms with Crippen LogP contribution in [0, 0.1) is 13.8 Å². The largest absolute Gasteiger partial charge is 0.464 e. The number of thiazole rings is 1. The van der Waals surface area contributed by atoms with Crippen molar-refractivity contribution in [3.05, 3.63) is 39.2 Å². The Morgan fingerprint density at radius 1 is 1.44 bits per heavy atom. The number of nitrogens with two attached hydrogens (primary N) is 1. The average molecular weight is 266 g/mol. The predicted molar refractivity (Wildman–Crippen MR) is 71.5 cm³/mol. The Morgan fingerprint density at radius 2 is 2.28 bits per heavy atom. The minimum Gasteiger partial charge on any atom is -0.464 e. The number of hydrogen-bond acceptors (Lipinski definition) is 5. The Kier molecular flexibility index (Phi) is 4.52. The molecule has 0 aliphatic carbocycles. The van der Waals surface area contributed by atoms with Crippen LogP contribution in [0.5, 0.6) is 0 Å². The van der Waals surface area contributed by atoms with Gasteiger partial charge < -0.3 is 14.9 Å². The van der Waals surface area contributed by atoms with Crippen molar-refractivity contribution in [3.63, 3.8) is 0 Å². The topological polar surface area (TPSA) is 61.3 Å². The SMILES string of the molecule is Cc1ncsc1CCOCc1cc(CN)c(C)o1. The molecule has 0 saturated carbocycles. The maximum atomic E-state index is 5.61. The molecule has 0 aliphatic rings. The van der Waals surface area contributed by atoms with Gasteiger partial charge in [0.05, 0.1) is 17.8 Å². The molecule has 0 radical (unpaired) electrons. The highest BCUT2D eigenvalue weighted by atomic mass is 32.1. The summed E-state index contributed by atoms with van der Waals surface area (Å²) in [6.07, 6.45) is 0.903. The molecule has 0 amide bonds. The summed E-state index contributed by atoms with van der Waals surface area (Å²) in [6, 6.07) is 1.97. The van der Waals surface area contributed by atoms with Gasteiger partial charge in [0.1, 0.15) is 18.1 Å². The molecule has 0 fully saturated rings. The van der Waals surface area contributed by atoms with Crippen molar-refractivity contribution in [3.8, 4) is 0 Å². The molecule has 5 heteroatoms. The van der Waals surface area contributed by atoms with Crippen LogP contribution in [0.2, 0.25) is 0 Å². The molecule has 2 rings (SSSR count). The van der Waals surface area contributed by atoms with E-state index in [1.54, 1.807) is 11.3 Å². The Labute approximate surface area is 111 Å². The number of nitrogens with zero attached hydrogens (tertiary/aromatic N) is 1. The van der Waals surface area contributed by atoms with E-state index in [4.69, 9.17) is 14.9 Å². The fourth-order valence-electron chi connectivity index (χ4n) is 1.77. The molecule has 2 aromatic heterocycles. The zero-order valence-electron chi connectivity index (χ0n) is 10.7. The molecule has 2 aromatic rings. The van der Waals surface area contributed by atoms with Gasteiger partial charge in [0, 0.05) is 23.4 Å². The summed E-state index contributed by atoms with van der Waals surface area (Å²) in [5, 5.41) is 0. The molecular weight excluding hydrogens is 248 g/mol. The Morgan fingerprint density at radius 3 is 2.89 bits per heavy atom. The van der Waals surface area contributed by atoms with Gasteiger partial charge in [-0.25, -0.2) is 4.98 Å². The van der Waals surface area contributed by atoms with Crippen LogP contribution in [0.15, 0.2) is 16.0 Å². The van der Waals surface area contributed by atoms with Crippen molar-refractivity contribution in [1.29, 1.82) is 0 Å². The fraction of sp³-hybridized carbons (Fsp3) is 0.462. The Bertz CT molecular complexity index is 505. The minimum atomic E-state index is 0.499. The van der Waals surface area contributed by atoms with Crippen LogP contribution in [0.1, 0.15) is 27.7 Å². The van der Waals surface area contributed by atoms with Crippen molar-refractivity contribution in [2.45, 2.75) is 33.4 Å². The lowest BCUT2D eigenvalue weighted by Gasteiger charge is -2.01. The number of aryl methyl sites for hydroxylation is 2. The third-order valence-electron chi connectivity index (χ3n) is 2.85. The van der Waals surface area contributed by atoms with Gasteiger partial charge in [-0.05, 0) is 19.9 Å². The number of hydrogen-bond donors (Lipinski definition) is 1. The van der Waals surface area contributed by atoms with Gasteiger partial charge in [-0.1, -0.05) is 0 Å². The molecule has 4 nitrogen and oxygen atoms in total. The van der Waals surface area contributed by atoms with Crippen LogP contribution in [-0.2, 0) is 24.3 Å². The normalized spacial score (nSPS) is 11.1. The molecule has 98 valence electrons. The van der Waals surface area contributed by atoms with Crippen molar-refractivity contribution in [2.24, 2.45) is 5.73 Å². The van der Waals surface area contributed by atoms with E-state index in [1.807, 2.05) is 25.4 Å². The van der Waals surface area contributed by atoms with Gasteiger partial charge in [0.15, 0.2) is 0 Å². The van der Waals surface area contributed by atoms with E-state index in [1.165, 1.54) is 4.88 Å². The zero-order valence-corrected chi connectivity index (χ0v) is 11.5. The van der Waals surface area contributed by atoms with Crippen LogP contribution in [0.4, 0.5) is 0 Å². The second-order valence-electron chi connectivity index (χ2n) is 4.16. The van der Waals surface area contributed by atoms with Gasteiger partial charge in [0.25, 0.3) is 0 Å². The van der Waals surface area contributed by atoms with E-state index in [2.05, 4.69) is 4.98 Å². The predicted octanol–water partition coefficient (Wildman–Crippen LogP) is 2.57. The number of furan rings is 1. The first-order valence-electron chi connectivity index (χ1n) is 5.95. The van der Waals surface area contributed by atoms with E-state index >= 15 is 0 Å². The van der Waals surface area contributed by atoms with Crippen molar-refractivity contribution >= 4 is 11.3 Å². The first-order chi connectivity index (χ1) is 8.70. The summed E-state index contributed by atoms with van der Waals surface area (Å²) in [6.45, 7) is 5.64. The lowest BCUT2D eigenvalue weighted by Crippen LogP contribution is -1.98. The monoisotopic (exact) mass is 266 g/mol. The molecule has 0 atom stereocenters. The summed E-state index contributed by atoms with van der Waals surface area (Å²) >= 11 is 1.67. The molecular formula is C13H18N2O2S. The van der Waals surface area contributed by atoms with Crippen LogP contribution in [0.25, 0.3) is 0 Å². The third kappa shape index (κ3) is 3.19. The molecule has 0 aromatic carbocycles. The molecule has 2 N–H and O–H groups in total. The number of ether oxygens (including phenoxy) is 1. The average Bonchev–Trinajstić information content (AvgIpc) is 2.91. The molecule has 0 unspecified atom stereocenters. The van der Waals surface area contributed by atoms with Gasteiger partial charge >= 0.3 is 0 Å². The maximum absolute atomic E-state index is 5.61. The summed E-state index contributed by atoms with van der Waals surface area (Å²) in [7, 11) is 0. The number of aromatic nitrogens is 1. The first kappa shape index (κ1) is 13.3. The highest BCUT2D eigenvalue weighted by molar-refractivity contribution is 7.09. The lowest BCUT2D eigenvalue weighted by molar-refractivity contribution is 0.108. The van der Waals surface area contributed by atoms with Gasteiger partial charge in [-0.3, -0.25) is 0 Å². The Hall–Kier alpha value is -1.17. The second kappa shape index (κ2) is 6.13. The van der Waals surface area contributed by atoms with E-state index in [0.29, 0.717) is 19.8 Å². The summed E-state index contributed by atoms with van der Waals surface area (Å²) < 4.78 is 11.2. The molecule has 0 spiro atoms. The van der Waals surface area contributed by atoms with E-state index in [-0.39, 0.29) is 0 Å². The standard InChI is InChI=1S/C13H18N2O2S/c1-9-13(18-8-15-9)3-4-16-7-12-5-11(6-14)10(2)17-12/h5,8H,3-4,6-7,14H2,1-2H3. The highest BCUT2D eigenvalue weighted by Gasteiger charge is 2.06. The third-order valence-corrected chi connectivity index (χ3v) is 3.85.